The Hall–Kier alpha value is -6.34. The Morgan fingerprint density at radius 3 is 0.981 bits per heavy atom. The molecule has 7 aromatic carbocycles. The molecule has 4 nitrogen and oxygen atoms in total. The molecule has 0 fully saturated rings. The Morgan fingerprint density at radius 1 is 0.389 bits per heavy atom. The molecule has 0 amide bonds. The zero-order valence-electron chi connectivity index (χ0n) is 29.0. The molecule has 0 radical (unpaired) electrons. The van der Waals surface area contributed by atoms with Crippen molar-refractivity contribution in [3.8, 4) is 0 Å². The second kappa shape index (κ2) is 11.1. The van der Waals surface area contributed by atoms with Crippen LogP contribution < -0.4 is 0 Å². The molecule has 2 aliphatic carbocycles. The average molecular weight is 731 g/mol. The van der Waals surface area contributed by atoms with E-state index >= 15 is 0 Å². The molecule has 0 unspecified atom stereocenters. The molecule has 9 aromatic rings. The normalized spacial score (nSPS) is 14.2. The molecule has 0 saturated carbocycles. The van der Waals surface area contributed by atoms with Crippen LogP contribution in [-0.2, 0) is 0 Å². The number of benzene rings is 7. The van der Waals surface area contributed by atoms with Crippen LogP contribution in [0.4, 0.5) is 0 Å². The van der Waals surface area contributed by atoms with E-state index in [1.807, 2.05) is 72.8 Å². The minimum absolute atomic E-state index is 0.190. The molecule has 0 aliphatic heterocycles. The quantitative estimate of drug-likeness (QED) is 0.101. The van der Waals surface area contributed by atoms with E-state index < -0.39 is 0 Å². The third kappa shape index (κ3) is 4.41. The summed E-state index contributed by atoms with van der Waals surface area (Å²) in [7, 11) is 0. The maximum Gasteiger partial charge on any atom is 0.197 e. The summed E-state index contributed by atoms with van der Waals surface area (Å²) in [6.07, 6.45) is 3.50. The number of Topliss-reactive ketones (excluding diaryl/α,β-unsaturated/α-hetero) is 4. The van der Waals surface area contributed by atoms with Gasteiger partial charge in [0.05, 0.1) is 11.1 Å². The molecule has 0 N–H and O–H groups in total. The second-order valence-corrected chi connectivity index (χ2v) is 16.5. The van der Waals surface area contributed by atoms with Crippen LogP contribution >= 0.6 is 22.7 Å². The van der Waals surface area contributed by atoms with E-state index in [0.29, 0.717) is 22.3 Å². The summed E-state index contributed by atoms with van der Waals surface area (Å²) in [5, 5.41) is 10.2. The number of hydrogen-bond acceptors (Lipinski definition) is 6. The van der Waals surface area contributed by atoms with E-state index in [-0.39, 0.29) is 34.3 Å². The minimum Gasteiger partial charge on any atom is -0.288 e. The number of aryl methyl sites for hydroxylation is 2. The fraction of sp³-hybridized carbons (Fsp3) is 0.0417. The zero-order valence-corrected chi connectivity index (χ0v) is 30.6. The van der Waals surface area contributed by atoms with Crippen LogP contribution in [0.3, 0.4) is 0 Å². The Labute approximate surface area is 316 Å². The van der Waals surface area contributed by atoms with E-state index in [1.165, 1.54) is 0 Å². The molecule has 0 spiro atoms. The van der Waals surface area contributed by atoms with E-state index in [1.54, 1.807) is 34.8 Å². The van der Waals surface area contributed by atoms with Crippen LogP contribution in [0.1, 0.15) is 62.3 Å². The standard InChI is InChI=1S/C48H26O4S2/c1-23-35-19-33(21-41-43(49)37-15-29-11-25-7-3-4-8-26(25)12-30(29)16-38(37)44(41)50)54-48(35)24(2)36-20-34(53-47(23)36)22-42-45(51)39-17-31-13-27-9-5-6-10-28(27)14-32(31)18-40(39)46(42)52/h3-22H,1-2H3. The molecule has 2 aliphatic rings. The van der Waals surface area contributed by atoms with Crippen LogP contribution in [0.5, 0.6) is 0 Å². The van der Waals surface area contributed by atoms with E-state index in [2.05, 4.69) is 50.2 Å². The second-order valence-electron chi connectivity index (χ2n) is 14.4. The van der Waals surface area contributed by atoms with Crippen LogP contribution in [-0.4, -0.2) is 23.1 Å². The predicted molar refractivity (Wildman–Crippen MR) is 223 cm³/mol. The van der Waals surface area contributed by atoms with Gasteiger partial charge in [-0.05, 0) is 152 Å². The first-order chi connectivity index (χ1) is 26.2. The van der Waals surface area contributed by atoms with Gasteiger partial charge in [-0.3, -0.25) is 19.2 Å². The van der Waals surface area contributed by atoms with E-state index in [4.69, 9.17) is 0 Å². The van der Waals surface area contributed by atoms with Gasteiger partial charge in [0, 0.05) is 41.4 Å². The van der Waals surface area contributed by atoms with Gasteiger partial charge < -0.3 is 0 Å². The van der Waals surface area contributed by atoms with Crippen LogP contribution in [0.15, 0.2) is 120 Å². The number of carbonyl (C=O) groups is 4. The number of allylic oxidation sites excluding steroid dienone is 2. The van der Waals surface area contributed by atoms with Gasteiger partial charge >= 0.3 is 0 Å². The molecule has 2 aromatic heterocycles. The lowest BCUT2D eigenvalue weighted by molar-refractivity contribution is 0.0975. The lowest BCUT2D eigenvalue weighted by atomic mass is 9.99. The van der Waals surface area contributed by atoms with Crippen molar-refractivity contribution in [3.63, 3.8) is 0 Å². The Kier molecular flexibility index (Phi) is 6.41. The number of ketones is 4. The van der Waals surface area contributed by atoms with Gasteiger partial charge in [-0.15, -0.1) is 22.7 Å². The maximum atomic E-state index is 13.7. The summed E-state index contributed by atoms with van der Waals surface area (Å²) in [6, 6.07) is 36.0. The highest BCUT2D eigenvalue weighted by Gasteiger charge is 2.35. The third-order valence-electron chi connectivity index (χ3n) is 11.2. The maximum absolute atomic E-state index is 13.7. The van der Waals surface area contributed by atoms with Crippen molar-refractivity contribution in [2.75, 3.05) is 0 Å². The Bertz CT molecular complexity index is 2940. The topological polar surface area (TPSA) is 68.3 Å². The number of thiophene rings is 2. The summed E-state index contributed by atoms with van der Waals surface area (Å²) in [6.45, 7) is 4.16. The molecule has 0 saturated heterocycles. The summed E-state index contributed by atoms with van der Waals surface area (Å²) in [4.78, 5) is 56.4. The van der Waals surface area contributed by atoms with Crippen LogP contribution in [0, 0.1) is 13.8 Å². The van der Waals surface area contributed by atoms with Gasteiger partial charge in [-0.25, -0.2) is 0 Å². The molecule has 2 heterocycles. The van der Waals surface area contributed by atoms with Crippen molar-refractivity contribution in [1.29, 1.82) is 0 Å². The van der Waals surface area contributed by atoms with E-state index in [0.717, 1.165) is 84.1 Å². The lowest BCUT2D eigenvalue weighted by Crippen LogP contribution is -1.99. The van der Waals surface area contributed by atoms with Crippen LogP contribution in [0.25, 0.3) is 75.4 Å². The number of carbonyl (C=O) groups excluding carboxylic acids is 4. The SMILES string of the molecule is Cc1c2cc(C=C3C(=O)c4cc5cc6ccccc6cc5cc4C3=O)sc2c(C)c2cc(C=C3C(=O)c4cc5cc6ccccc6cc5cc4C3=O)sc12. The third-order valence-corrected chi connectivity index (χ3v) is 13.6. The lowest BCUT2D eigenvalue weighted by Gasteiger charge is -2.04. The fourth-order valence-electron chi connectivity index (χ4n) is 8.39. The van der Waals surface area contributed by atoms with E-state index in [9.17, 15) is 19.2 Å². The number of hydrogen-bond donors (Lipinski definition) is 0. The van der Waals surface area contributed by atoms with Gasteiger partial charge in [-0.2, -0.15) is 0 Å². The molecular formula is C48H26O4S2. The van der Waals surface area contributed by atoms with Gasteiger partial charge in [0.2, 0.25) is 0 Å². The van der Waals surface area contributed by atoms with Crippen molar-refractivity contribution in [2.24, 2.45) is 0 Å². The molecule has 11 rings (SSSR count). The first-order valence-corrected chi connectivity index (χ1v) is 19.3. The van der Waals surface area contributed by atoms with Gasteiger partial charge in [0.15, 0.2) is 23.1 Å². The van der Waals surface area contributed by atoms with Gasteiger partial charge in [0.1, 0.15) is 0 Å². The zero-order chi connectivity index (χ0) is 36.6. The monoisotopic (exact) mass is 730 g/mol. The van der Waals surface area contributed by atoms with Gasteiger partial charge in [-0.1, -0.05) is 48.5 Å². The van der Waals surface area contributed by atoms with Crippen molar-refractivity contribution < 1.29 is 19.2 Å². The highest BCUT2D eigenvalue weighted by molar-refractivity contribution is 7.22. The summed E-state index contributed by atoms with van der Waals surface area (Å²) in [5.74, 6) is -0.966. The molecule has 0 bridgehead atoms. The smallest absolute Gasteiger partial charge is 0.197 e. The van der Waals surface area contributed by atoms with Crippen LogP contribution in [0.2, 0.25) is 0 Å². The van der Waals surface area contributed by atoms with Gasteiger partial charge in [0.25, 0.3) is 0 Å². The molecule has 54 heavy (non-hydrogen) atoms. The first-order valence-electron chi connectivity index (χ1n) is 17.7. The fourth-order valence-corrected chi connectivity index (χ4v) is 10.7. The van der Waals surface area contributed by atoms with Crippen molar-refractivity contribution in [3.05, 3.63) is 163 Å². The highest BCUT2D eigenvalue weighted by Crippen LogP contribution is 2.43. The largest absolute Gasteiger partial charge is 0.288 e. The van der Waals surface area contributed by atoms with Crippen molar-refractivity contribution >= 4 is 121 Å². The van der Waals surface area contributed by atoms with Crippen molar-refractivity contribution in [2.45, 2.75) is 13.8 Å². The predicted octanol–water partition coefficient (Wildman–Crippen LogP) is 12.3. The molecule has 254 valence electrons. The van der Waals surface area contributed by atoms with Crippen molar-refractivity contribution in [1.82, 2.24) is 0 Å². The summed E-state index contributed by atoms with van der Waals surface area (Å²) in [5.41, 5.74) is 4.35. The number of rotatable bonds is 2. The molecular weight excluding hydrogens is 705 g/mol. The Balaban J connectivity index is 0.950. The number of fused-ring (bicyclic) bond motifs is 8. The Morgan fingerprint density at radius 2 is 0.685 bits per heavy atom. The molecule has 6 heteroatoms. The first kappa shape index (κ1) is 31.2. The minimum atomic E-state index is -0.241. The highest BCUT2D eigenvalue weighted by atomic mass is 32.1. The summed E-state index contributed by atoms with van der Waals surface area (Å²) >= 11 is 3.13. The molecule has 0 atom stereocenters. The summed E-state index contributed by atoms with van der Waals surface area (Å²) < 4.78 is 2.16. The average Bonchev–Trinajstić information content (AvgIpc) is 3.92.